The Labute approximate surface area is 92.8 Å². The van der Waals surface area contributed by atoms with Crippen molar-refractivity contribution in [2.24, 2.45) is 0 Å². The zero-order chi connectivity index (χ0) is 10.7. The number of rotatable bonds is 3. The lowest BCUT2D eigenvalue weighted by Crippen LogP contribution is -2.05. The van der Waals surface area contributed by atoms with Gasteiger partial charge in [-0.3, -0.25) is 4.79 Å². The summed E-state index contributed by atoms with van der Waals surface area (Å²) in [7, 11) is 0. The third kappa shape index (κ3) is 2.42. The van der Waals surface area contributed by atoms with Crippen LogP contribution < -0.4 is 5.73 Å². The number of carbonyl (C=O) groups is 1. The number of hydrogen-bond acceptors (Lipinski definition) is 3. The van der Waals surface area contributed by atoms with E-state index in [0.29, 0.717) is 11.3 Å². The molecular weight excluding hydrogens is 218 g/mol. The van der Waals surface area contributed by atoms with E-state index in [1.165, 1.54) is 6.92 Å². The van der Waals surface area contributed by atoms with Gasteiger partial charge in [0.15, 0.2) is 5.78 Å². The van der Waals surface area contributed by atoms with E-state index >= 15 is 0 Å². The maximum Gasteiger partial charge on any atom is 0.152 e. The Bertz CT molecular complexity index is 354. The maximum absolute atomic E-state index is 11.1. The third-order valence-electron chi connectivity index (χ3n) is 1.92. The Hall–Kier alpha value is -0.670. The number of benzene rings is 1. The topological polar surface area (TPSA) is 43.1 Å². The number of nitrogen functional groups attached to an aromatic ring is 1. The molecule has 0 saturated heterocycles. The molecule has 0 spiro atoms. The number of Topliss-reactive ketones (excluding diaryl/α,β-unsaturated/α-hetero) is 1. The minimum Gasteiger partial charge on any atom is -0.398 e. The first kappa shape index (κ1) is 11.4. The van der Waals surface area contributed by atoms with Crippen molar-refractivity contribution in [3.63, 3.8) is 0 Å². The molecular formula is C10H12ClNOS. The molecule has 76 valence electrons. The van der Waals surface area contributed by atoms with Gasteiger partial charge in [0.05, 0.1) is 0 Å². The number of alkyl halides is 1. The van der Waals surface area contributed by atoms with Crippen LogP contribution in [0.15, 0.2) is 23.1 Å². The molecule has 0 amide bonds. The van der Waals surface area contributed by atoms with Crippen molar-refractivity contribution < 1.29 is 4.79 Å². The Morgan fingerprint density at radius 1 is 1.57 bits per heavy atom. The quantitative estimate of drug-likeness (QED) is 0.493. The molecule has 0 bridgehead atoms. The summed E-state index contributed by atoms with van der Waals surface area (Å²) in [5, 5.41) is -0.633. The molecule has 0 fully saturated rings. The van der Waals surface area contributed by atoms with Crippen molar-refractivity contribution in [2.45, 2.75) is 17.2 Å². The van der Waals surface area contributed by atoms with Crippen LogP contribution in [0.5, 0.6) is 0 Å². The third-order valence-corrected chi connectivity index (χ3v) is 3.19. The largest absolute Gasteiger partial charge is 0.398 e. The number of ketones is 1. The summed E-state index contributed by atoms with van der Waals surface area (Å²) in [6.45, 7) is 1.46. The van der Waals surface area contributed by atoms with E-state index in [9.17, 15) is 4.79 Å². The summed E-state index contributed by atoms with van der Waals surface area (Å²) in [5.41, 5.74) is 7.05. The molecule has 1 unspecified atom stereocenters. The van der Waals surface area contributed by atoms with Gasteiger partial charge in [0.1, 0.15) is 5.38 Å². The molecule has 1 aromatic rings. The van der Waals surface area contributed by atoms with Gasteiger partial charge < -0.3 is 5.73 Å². The van der Waals surface area contributed by atoms with Crippen LogP contribution in [0.3, 0.4) is 0 Å². The van der Waals surface area contributed by atoms with Gasteiger partial charge in [-0.05, 0) is 25.3 Å². The Kier molecular flexibility index (Phi) is 3.84. The first-order valence-electron chi connectivity index (χ1n) is 4.14. The standard InChI is InChI=1S/C10H12ClNOS/c1-6(13)10(11)8-4-3-7(14-2)5-9(8)12/h3-5,10H,12H2,1-2H3. The van der Waals surface area contributed by atoms with Crippen molar-refractivity contribution in [1.82, 2.24) is 0 Å². The van der Waals surface area contributed by atoms with Gasteiger partial charge in [0, 0.05) is 16.1 Å². The van der Waals surface area contributed by atoms with Crippen LogP contribution in [-0.2, 0) is 4.79 Å². The zero-order valence-corrected chi connectivity index (χ0v) is 9.65. The van der Waals surface area contributed by atoms with Crippen molar-refractivity contribution in [3.05, 3.63) is 23.8 Å². The molecule has 4 heteroatoms. The molecule has 0 saturated carbocycles. The van der Waals surface area contributed by atoms with Crippen LogP contribution in [-0.4, -0.2) is 12.0 Å². The van der Waals surface area contributed by atoms with Crippen LogP contribution >= 0.6 is 23.4 Å². The number of halogens is 1. The highest BCUT2D eigenvalue weighted by molar-refractivity contribution is 7.98. The second-order valence-electron chi connectivity index (χ2n) is 2.97. The lowest BCUT2D eigenvalue weighted by molar-refractivity contribution is -0.116. The first-order chi connectivity index (χ1) is 6.56. The Morgan fingerprint density at radius 2 is 2.21 bits per heavy atom. The SMILES string of the molecule is CSc1ccc(C(Cl)C(C)=O)c(N)c1. The Balaban J connectivity index is 3.05. The van der Waals surface area contributed by atoms with E-state index in [4.69, 9.17) is 17.3 Å². The van der Waals surface area contributed by atoms with E-state index in [1.807, 2.05) is 18.4 Å². The molecule has 0 aliphatic heterocycles. The first-order valence-corrected chi connectivity index (χ1v) is 5.80. The van der Waals surface area contributed by atoms with E-state index in [2.05, 4.69) is 0 Å². The number of anilines is 1. The predicted molar refractivity (Wildman–Crippen MR) is 61.9 cm³/mol. The normalized spacial score (nSPS) is 12.5. The molecule has 14 heavy (non-hydrogen) atoms. The summed E-state index contributed by atoms with van der Waals surface area (Å²) in [6, 6.07) is 5.55. The summed E-state index contributed by atoms with van der Waals surface area (Å²) >= 11 is 7.51. The molecule has 1 aromatic carbocycles. The number of carbonyl (C=O) groups excluding carboxylic acids is 1. The van der Waals surface area contributed by atoms with Crippen molar-refractivity contribution in [3.8, 4) is 0 Å². The van der Waals surface area contributed by atoms with E-state index in [0.717, 1.165) is 4.90 Å². The summed E-state index contributed by atoms with van der Waals surface area (Å²) < 4.78 is 0. The van der Waals surface area contributed by atoms with Crippen molar-refractivity contribution in [2.75, 3.05) is 12.0 Å². The minimum atomic E-state index is -0.633. The maximum atomic E-state index is 11.1. The fraction of sp³-hybridized carbons (Fsp3) is 0.300. The molecule has 2 nitrogen and oxygen atoms in total. The fourth-order valence-electron chi connectivity index (χ4n) is 1.13. The van der Waals surface area contributed by atoms with E-state index in [-0.39, 0.29) is 5.78 Å². The van der Waals surface area contributed by atoms with Crippen molar-refractivity contribution in [1.29, 1.82) is 0 Å². The van der Waals surface area contributed by atoms with Gasteiger partial charge in [-0.25, -0.2) is 0 Å². The molecule has 2 N–H and O–H groups in total. The summed E-state index contributed by atoms with van der Waals surface area (Å²) in [4.78, 5) is 12.1. The smallest absolute Gasteiger partial charge is 0.152 e. The highest BCUT2D eigenvalue weighted by Crippen LogP contribution is 2.29. The second kappa shape index (κ2) is 4.71. The average molecular weight is 230 g/mol. The highest BCUT2D eigenvalue weighted by atomic mass is 35.5. The van der Waals surface area contributed by atoms with Gasteiger partial charge in [-0.2, -0.15) is 0 Å². The van der Waals surface area contributed by atoms with Crippen molar-refractivity contribution >= 4 is 34.8 Å². The molecule has 0 radical (unpaired) electrons. The second-order valence-corrected chi connectivity index (χ2v) is 4.28. The van der Waals surface area contributed by atoms with Gasteiger partial charge >= 0.3 is 0 Å². The molecule has 0 heterocycles. The van der Waals surface area contributed by atoms with Gasteiger partial charge in [-0.15, -0.1) is 23.4 Å². The minimum absolute atomic E-state index is 0.0877. The molecule has 0 aliphatic rings. The number of nitrogens with two attached hydrogens (primary N) is 1. The van der Waals surface area contributed by atoms with E-state index < -0.39 is 5.38 Å². The van der Waals surface area contributed by atoms with E-state index in [1.54, 1.807) is 17.8 Å². The lowest BCUT2D eigenvalue weighted by atomic mass is 10.1. The Morgan fingerprint density at radius 3 is 2.64 bits per heavy atom. The number of hydrogen-bond donors (Lipinski definition) is 1. The van der Waals surface area contributed by atoms with Gasteiger partial charge in [0.2, 0.25) is 0 Å². The summed E-state index contributed by atoms with van der Waals surface area (Å²) in [5.74, 6) is -0.0877. The van der Waals surface area contributed by atoms with Crippen LogP contribution in [0.4, 0.5) is 5.69 Å². The predicted octanol–water partition coefficient (Wildman–Crippen LogP) is 2.86. The van der Waals surface area contributed by atoms with Gasteiger partial charge in [0.25, 0.3) is 0 Å². The monoisotopic (exact) mass is 229 g/mol. The van der Waals surface area contributed by atoms with Crippen LogP contribution in [0.1, 0.15) is 17.9 Å². The molecule has 0 aliphatic carbocycles. The summed E-state index contributed by atoms with van der Waals surface area (Å²) in [6.07, 6.45) is 1.97. The lowest BCUT2D eigenvalue weighted by Gasteiger charge is -2.10. The average Bonchev–Trinajstić information content (AvgIpc) is 2.16. The molecule has 1 atom stereocenters. The highest BCUT2D eigenvalue weighted by Gasteiger charge is 2.15. The molecule has 1 rings (SSSR count). The van der Waals surface area contributed by atoms with Crippen LogP contribution in [0.2, 0.25) is 0 Å². The zero-order valence-electron chi connectivity index (χ0n) is 8.08. The van der Waals surface area contributed by atoms with Crippen LogP contribution in [0.25, 0.3) is 0 Å². The van der Waals surface area contributed by atoms with Crippen LogP contribution in [0, 0.1) is 0 Å². The number of thioether (sulfide) groups is 1. The molecule has 0 aromatic heterocycles. The van der Waals surface area contributed by atoms with Gasteiger partial charge in [-0.1, -0.05) is 6.07 Å². The fourth-order valence-corrected chi connectivity index (χ4v) is 1.78.